The van der Waals surface area contributed by atoms with Gasteiger partial charge in [0.25, 0.3) is 5.91 Å². The minimum atomic E-state index is -0.436. The van der Waals surface area contributed by atoms with E-state index in [-0.39, 0.29) is 22.5 Å². The Kier molecular flexibility index (Phi) is 9.49. The van der Waals surface area contributed by atoms with Crippen LogP contribution in [0.2, 0.25) is 5.15 Å². The minimum Gasteiger partial charge on any atom is -0.491 e. The molecule has 1 heterocycles. The van der Waals surface area contributed by atoms with Gasteiger partial charge in [-0.25, -0.2) is 9.97 Å². The van der Waals surface area contributed by atoms with E-state index in [1.807, 2.05) is 19.1 Å². The van der Waals surface area contributed by atoms with Crippen LogP contribution in [-0.2, 0) is 6.42 Å². The van der Waals surface area contributed by atoms with Crippen LogP contribution >= 0.6 is 11.6 Å². The number of rotatable bonds is 12. The predicted octanol–water partition coefficient (Wildman–Crippen LogP) is 1.88. The van der Waals surface area contributed by atoms with Crippen molar-refractivity contribution in [2.24, 2.45) is 0 Å². The number of carbonyl (C=O) groups excluding carboxylic acids is 1. The van der Waals surface area contributed by atoms with Crippen molar-refractivity contribution in [3.63, 3.8) is 0 Å². The molecular weight excluding hydrogens is 432 g/mol. The number of quaternary nitrogens is 1. The van der Waals surface area contributed by atoms with Crippen LogP contribution in [0.3, 0.4) is 0 Å². The molecule has 9 nitrogen and oxygen atoms in total. The maximum absolute atomic E-state index is 12.3. The van der Waals surface area contributed by atoms with Gasteiger partial charge >= 0.3 is 0 Å². The lowest BCUT2D eigenvalue weighted by Crippen LogP contribution is -2.46. The molecule has 1 amide bonds. The van der Waals surface area contributed by atoms with E-state index in [1.54, 1.807) is 0 Å². The van der Waals surface area contributed by atoms with Gasteiger partial charge in [0.1, 0.15) is 12.4 Å². The fraction of sp³-hybridized carbons (Fsp3) is 0.500. The third-order valence-corrected chi connectivity index (χ3v) is 5.47. The largest absolute Gasteiger partial charge is 0.491 e. The van der Waals surface area contributed by atoms with E-state index in [9.17, 15) is 9.90 Å². The third-order valence-electron chi connectivity index (χ3n) is 5.19. The monoisotopic (exact) mass is 465 g/mol. The number of aliphatic hydroxyl groups excluding tert-OH is 1. The van der Waals surface area contributed by atoms with E-state index in [0.717, 1.165) is 36.2 Å². The van der Waals surface area contributed by atoms with E-state index in [1.165, 1.54) is 5.56 Å². The lowest BCUT2D eigenvalue weighted by Gasteiger charge is -2.30. The highest BCUT2D eigenvalue weighted by molar-refractivity contribution is 6.31. The maximum atomic E-state index is 12.3. The Hall–Kier alpha value is -2.62. The first-order chi connectivity index (χ1) is 15.1. The van der Waals surface area contributed by atoms with Crippen molar-refractivity contribution >= 4 is 29.1 Å². The number of nitrogens with two attached hydrogens (primary N) is 2. The molecule has 0 spiro atoms. The van der Waals surface area contributed by atoms with Gasteiger partial charge in [-0.2, -0.15) is 0 Å². The molecule has 0 aliphatic rings. The van der Waals surface area contributed by atoms with Gasteiger partial charge in [-0.05, 0) is 30.5 Å². The van der Waals surface area contributed by atoms with E-state index in [4.69, 9.17) is 27.8 Å². The number of nitrogen functional groups attached to an aromatic ring is 2. The second-order valence-electron chi connectivity index (χ2n) is 8.39. The number of carbonyl (C=O) groups is 1. The standard InChI is InChI=1S/C22H33ClN6O3/c1-4-16(30)14-32-17-9-7-15(8-10-17)6-5-12-29(2,3)13-11-26-22(31)18-20(24)28-21(25)19(23)27-18/h7-10,16,30H,4-6,11-14H2,1-3H3,(H4-,24,25,26,28,31)/p+1. The number of anilines is 2. The van der Waals surface area contributed by atoms with Gasteiger partial charge < -0.3 is 31.1 Å². The van der Waals surface area contributed by atoms with Gasteiger partial charge in [-0.1, -0.05) is 30.7 Å². The van der Waals surface area contributed by atoms with Gasteiger partial charge in [-0.3, -0.25) is 4.79 Å². The normalized spacial score (nSPS) is 12.4. The molecule has 1 unspecified atom stereocenters. The molecule has 0 aliphatic carbocycles. The number of nitrogens with one attached hydrogen (secondary N) is 1. The molecule has 6 N–H and O–H groups in total. The fourth-order valence-electron chi connectivity index (χ4n) is 3.05. The Balaban J connectivity index is 1.73. The summed E-state index contributed by atoms with van der Waals surface area (Å²) in [5, 5.41) is 12.3. The van der Waals surface area contributed by atoms with Gasteiger partial charge in [-0.15, -0.1) is 0 Å². The number of nitrogens with zero attached hydrogens (tertiary/aromatic N) is 3. The molecule has 0 radical (unpaired) electrons. The third kappa shape index (κ3) is 8.14. The van der Waals surface area contributed by atoms with Crippen molar-refractivity contribution in [3.05, 3.63) is 40.7 Å². The molecule has 0 fully saturated rings. The zero-order valence-corrected chi connectivity index (χ0v) is 19.7. The van der Waals surface area contributed by atoms with Crippen molar-refractivity contribution in [1.82, 2.24) is 15.3 Å². The van der Waals surface area contributed by atoms with E-state index >= 15 is 0 Å². The summed E-state index contributed by atoms with van der Waals surface area (Å²) in [5.74, 6) is 0.290. The number of aryl methyl sites for hydroxylation is 1. The molecule has 10 heteroatoms. The van der Waals surface area contributed by atoms with E-state index < -0.39 is 12.0 Å². The average molecular weight is 466 g/mol. The molecule has 1 aromatic carbocycles. The van der Waals surface area contributed by atoms with Gasteiger partial charge in [0, 0.05) is 6.42 Å². The highest BCUT2D eigenvalue weighted by atomic mass is 35.5. The van der Waals surface area contributed by atoms with Crippen LogP contribution in [0.1, 0.15) is 35.8 Å². The summed E-state index contributed by atoms with van der Waals surface area (Å²) in [5.41, 5.74) is 12.5. The summed E-state index contributed by atoms with van der Waals surface area (Å²) in [6.07, 6.45) is 2.19. The molecule has 0 saturated carbocycles. The first-order valence-corrected chi connectivity index (χ1v) is 11.1. The summed E-state index contributed by atoms with van der Waals surface area (Å²) in [4.78, 5) is 20.1. The SMILES string of the molecule is CCC(O)COc1ccc(CCC[N+](C)(C)CCNC(=O)c2nc(Cl)c(N)nc2N)cc1. The average Bonchev–Trinajstić information content (AvgIpc) is 2.75. The Morgan fingerprint density at radius 2 is 1.88 bits per heavy atom. The van der Waals surface area contributed by atoms with Crippen LogP contribution in [-0.4, -0.2) is 71.9 Å². The number of aromatic nitrogens is 2. The second kappa shape index (κ2) is 11.8. The Morgan fingerprint density at radius 1 is 1.19 bits per heavy atom. The Bertz CT molecular complexity index is 892. The molecule has 0 aliphatic heterocycles. The minimum absolute atomic E-state index is 0.00373. The zero-order valence-electron chi connectivity index (χ0n) is 19.0. The molecule has 2 aromatic rings. The number of halogens is 1. The highest BCUT2D eigenvalue weighted by Gasteiger charge is 2.18. The lowest BCUT2D eigenvalue weighted by atomic mass is 10.1. The number of benzene rings is 1. The fourth-order valence-corrected chi connectivity index (χ4v) is 3.18. The first kappa shape index (κ1) is 25.6. The van der Waals surface area contributed by atoms with Crippen LogP contribution in [0.15, 0.2) is 24.3 Å². The number of likely N-dealkylation sites (N-methyl/N-ethyl adjacent to an activating group) is 1. The van der Waals surface area contributed by atoms with Crippen molar-refractivity contribution in [3.8, 4) is 5.75 Å². The molecule has 176 valence electrons. The van der Waals surface area contributed by atoms with Gasteiger partial charge in [0.2, 0.25) is 0 Å². The summed E-state index contributed by atoms with van der Waals surface area (Å²) >= 11 is 5.83. The molecule has 0 bridgehead atoms. The van der Waals surface area contributed by atoms with Crippen LogP contribution < -0.4 is 21.5 Å². The van der Waals surface area contributed by atoms with Crippen LogP contribution in [0, 0.1) is 0 Å². The number of aliphatic hydroxyl groups is 1. The van der Waals surface area contributed by atoms with Crippen LogP contribution in [0.5, 0.6) is 5.75 Å². The Labute approximate surface area is 194 Å². The summed E-state index contributed by atoms with van der Waals surface area (Å²) in [6, 6.07) is 7.98. The number of ether oxygens (including phenoxy) is 1. The number of hydrogen-bond donors (Lipinski definition) is 4. The highest BCUT2D eigenvalue weighted by Crippen LogP contribution is 2.17. The van der Waals surface area contributed by atoms with Crippen LogP contribution in [0.4, 0.5) is 11.6 Å². The summed E-state index contributed by atoms with van der Waals surface area (Å²) < 4.78 is 6.32. The summed E-state index contributed by atoms with van der Waals surface area (Å²) in [6.45, 7) is 4.39. The topological polar surface area (TPSA) is 136 Å². The van der Waals surface area contributed by atoms with Crippen LogP contribution in [0.25, 0.3) is 0 Å². The zero-order chi connectivity index (χ0) is 23.7. The summed E-state index contributed by atoms with van der Waals surface area (Å²) in [7, 11) is 4.24. The first-order valence-electron chi connectivity index (χ1n) is 10.7. The smallest absolute Gasteiger partial charge is 0.273 e. The quantitative estimate of drug-likeness (QED) is 0.351. The van der Waals surface area contributed by atoms with Crippen molar-refractivity contribution in [1.29, 1.82) is 0 Å². The molecule has 32 heavy (non-hydrogen) atoms. The number of amides is 1. The van der Waals surface area contributed by atoms with E-state index in [0.29, 0.717) is 19.6 Å². The van der Waals surface area contributed by atoms with E-state index in [2.05, 4.69) is 41.5 Å². The van der Waals surface area contributed by atoms with Gasteiger partial charge in [0.15, 0.2) is 22.5 Å². The maximum Gasteiger partial charge on any atom is 0.273 e. The molecule has 1 atom stereocenters. The lowest BCUT2D eigenvalue weighted by molar-refractivity contribution is -0.889. The van der Waals surface area contributed by atoms with Crippen molar-refractivity contribution in [2.75, 3.05) is 51.8 Å². The second-order valence-corrected chi connectivity index (χ2v) is 8.75. The molecule has 0 saturated heterocycles. The van der Waals surface area contributed by atoms with Gasteiger partial charge in [0.05, 0.1) is 39.8 Å². The molecule has 2 rings (SSSR count). The number of hydrogen-bond acceptors (Lipinski definition) is 7. The van der Waals surface area contributed by atoms with Crippen molar-refractivity contribution in [2.45, 2.75) is 32.3 Å². The Morgan fingerprint density at radius 3 is 2.53 bits per heavy atom. The predicted molar refractivity (Wildman–Crippen MR) is 127 cm³/mol. The molecule has 1 aromatic heterocycles. The van der Waals surface area contributed by atoms with Crippen molar-refractivity contribution < 1.29 is 19.1 Å². The molecular formula is C22H34ClN6O3+.